The molecule has 0 aromatic rings. The predicted molar refractivity (Wildman–Crippen MR) is 55.6 cm³/mol. The molecule has 1 aliphatic heterocycles. The molecule has 1 saturated heterocycles. The van der Waals surface area contributed by atoms with Crippen LogP contribution in [0.15, 0.2) is 0 Å². The van der Waals surface area contributed by atoms with Crippen LogP contribution >= 0.6 is 0 Å². The second kappa shape index (κ2) is 4.43. The Morgan fingerprint density at radius 2 is 2.08 bits per heavy atom. The highest BCUT2D eigenvalue weighted by atomic mass is 16.5. The van der Waals surface area contributed by atoms with Gasteiger partial charge in [-0.2, -0.15) is 0 Å². The van der Waals surface area contributed by atoms with Crippen LogP contribution in [0, 0.1) is 5.92 Å². The van der Waals surface area contributed by atoms with Crippen LogP contribution < -0.4 is 5.73 Å². The topological polar surface area (TPSA) is 35.2 Å². The molecule has 0 radical (unpaired) electrons. The summed E-state index contributed by atoms with van der Waals surface area (Å²) in [6.07, 6.45) is 4.66. The van der Waals surface area contributed by atoms with E-state index in [1.54, 1.807) is 0 Å². The smallest absolute Gasteiger partial charge is 0.0804 e. The van der Waals surface area contributed by atoms with Gasteiger partial charge in [0.05, 0.1) is 5.60 Å². The Hall–Kier alpha value is -0.0800. The third-order valence-electron chi connectivity index (χ3n) is 3.01. The zero-order valence-electron chi connectivity index (χ0n) is 9.18. The summed E-state index contributed by atoms with van der Waals surface area (Å²) in [5, 5.41) is 0. The molecule has 13 heavy (non-hydrogen) atoms. The molecule has 0 aliphatic carbocycles. The molecule has 1 fully saturated rings. The van der Waals surface area contributed by atoms with Gasteiger partial charge < -0.3 is 10.5 Å². The van der Waals surface area contributed by atoms with Crippen LogP contribution in [0.1, 0.15) is 46.5 Å². The molecule has 0 aromatic heterocycles. The Kier molecular flexibility index (Phi) is 3.74. The van der Waals surface area contributed by atoms with E-state index in [1.807, 2.05) is 0 Å². The van der Waals surface area contributed by atoms with Gasteiger partial charge in [0.1, 0.15) is 0 Å². The Bertz CT molecular complexity index is 150. The van der Waals surface area contributed by atoms with Crippen LogP contribution in [-0.2, 0) is 4.74 Å². The molecule has 78 valence electrons. The molecule has 2 nitrogen and oxygen atoms in total. The van der Waals surface area contributed by atoms with Crippen molar-refractivity contribution in [2.24, 2.45) is 11.7 Å². The van der Waals surface area contributed by atoms with Crippen LogP contribution in [0.25, 0.3) is 0 Å². The summed E-state index contributed by atoms with van der Waals surface area (Å²) in [5.41, 5.74) is 6.11. The van der Waals surface area contributed by atoms with Gasteiger partial charge in [-0.05, 0) is 38.5 Å². The summed E-state index contributed by atoms with van der Waals surface area (Å²) in [4.78, 5) is 0. The highest BCUT2D eigenvalue weighted by Crippen LogP contribution is 2.29. The summed E-state index contributed by atoms with van der Waals surface area (Å²) in [5.74, 6) is 0.664. The minimum Gasteiger partial charge on any atom is -0.374 e. The fourth-order valence-electron chi connectivity index (χ4n) is 2.01. The van der Waals surface area contributed by atoms with Gasteiger partial charge in [-0.1, -0.05) is 13.8 Å². The molecule has 1 aliphatic rings. The lowest BCUT2D eigenvalue weighted by molar-refractivity contribution is -0.0841. The molecular formula is C11H23NO. The van der Waals surface area contributed by atoms with Crippen LogP contribution in [0.5, 0.6) is 0 Å². The first kappa shape index (κ1) is 11.0. The normalized spacial score (nSPS) is 32.1. The monoisotopic (exact) mass is 185 g/mol. The van der Waals surface area contributed by atoms with E-state index in [2.05, 4.69) is 20.8 Å². The molecule has 0 aromatic carbocycles. The average Bonchev–Trinajstić information content (AvgIpc) is 2.04. The minimum absolute atomic E-state index is 0.0531. The highest BCUT2D eigenvalue weighted by molar-refractivity contribution is 4.89. The molecule has 1 heterocycles. The highest BCUT2D eigenvalue weighted by Gasteiger charge is 2.34. The van der Waals surface area contributed by atoms with E-state index >= 15 is 0 Å². The van der Waals surface area contributed by atoms with E-state index in [4.69, 9.17) is 10.5 Å². The fourth-order valence-corrected chi connectivity index (χ4v) is 2.01. The molecule has 2 heteroatoms. The maximum absolute atomic E-state index is 6.16. The van der Waals surface area contributed by atoms with Gasteiger partial charge in [0.15, 0.2) is 0 Å². The van der Waals surface area contributed by atoms with E-state index in [0.717, 1.165) is 19.4 Å². The minimum atomic E-state index is -0.0531. The van der Waals surface area contributed by atoms with Gasteiger partial charge in [-0.25, -0.2) is 0 Å². The first-order valence-electron chi connectivity index (χ1n) is 5.44. The molecule has 2 atom stereocenters. The summed E-state index contributed by atoms with van der Waals surface area (Å²) < 4.78 is 5.80. The maximum Gasteiger partial charge on any atom is 0.0804 e. The number of nitrogens with two attached hydrogens (primary N) is 1. The molecule has 2 unspecified atom stereocenters. The first-order valence-corrected chi connectivity index (χ1v) is 5.44. The Morgan fingerprint density at radius 3 is 2.54 bits per heavy atom. The van der Waals surface area contributed by atoms with Crippen molar-refractivity contribution in [3.63, 3.8) is 0 Å². The van der Waals surface area contributed by atoms with E-state index in [9.17, 15) is 0 Å². The lowest BCUT2D eigenvalue weighted by atomic mass is 9.84. The van der Waals surface area contributed by atoms with Gasteiger partial charge in [0.2, 0.25) is 0 Å². The average molecular weight is 185 g/mol. The lowest BCUT2D eigenvalue weighted by Gasteiger charge is -2.39. The fraction of sp³-hybridized carbons (Fsp3) is 1.00. The van der Waals surface area contributed by atoms with E-state index in [0.29, 0.717) is 5.92 Å². The molecule has 0 bridgehead atoms. The van der Waals surface area contributed by atoms with Crippen molar-refractivity contribution < 1.29 is 4.74 Å². The summed E-state index contributed by atoms with van der Waals surface area (Å²) in [6.45, 7) is 7.49. The second-order valence-corrected chi connectivity index (χ2v) is 4.85. The zero-order valence-corrected chi connectivity index (χ0v) is 9.18. The van der Waals surface area contributed by atoms with Gasteiger partial charge in [0, 0.05) is 12.6 Å². The van der Waals surface area contributed by atoms with Crippen molar-refractivity contribution in [1.82, 2.24) is 0 Å². The number of ether oxygens (including phenoxy) is 1. The third-order valence-corrected chi connectivity index (χ3v) is 3.01. The van der Waals surface area contributed by atoms with Gasteiger partial charge in [-0.15, -0.1) is 0 Å². The quantitative estimate of drug-likeness (QED) is 0.732. The maximum atomic E-state index is 6.16. The van der Waals surface area contributed by atoms with E-state index in [1.165, 1.54) is 12.8 Å². The molecule has 0 spiro atoms. The Labute approximate surface area is 81.8 Å². The van der Waals surface area contributed by atoms with Crippen LogP contribution in [-0.4, -0.2) is 18.2 Å². The summed E-state index contributed by atoms with van der Waals surface area (Å²) in [7, 11) is 0. The largest absolute Gasteiger partial charge is 0.374 e. The number of hydrogen-bond acceptors (Lipinski definition) is 2. The van der Waals surface area contributed by atoms with Crippen molar-refractivity contribution in [2.45, 2.75) is 58.1 Å². The molecule has 1 rings (SSSR count). The number of rotatable bonds is 3. The number of hydrogen-bond donors (Lipinski definition) is 1. The molecule has 0 amide bonds. The van der Waals surface area contributed by atoms with Crippen LogP contribution in [0.2, 0.25) is 0 Å². The molecular weight excluding hydrogens is 162 g/mol. The summed E-state index contributed by atoms with van der Waals surface area (Å²) in [6, 6.07) is 0.202. The van der Waals surface area contributed by atoms with Gasteiger partial charge in [-0.3, -0.25) is 0 Å². The first-order chi connectivity index (χ1) is 6.04. The van der Waals surface area contributed by atoms with Crippen molar-refractivity contribution in [3.05, 3.63) is 0 Å². The van der Waals surface area contributed by atoms with E-state index < -0.39 is 0 Å². The molecule has 2 N–H and O–H groups in total. The van der Waals surface area contributed by atoms with Crippen molar-refractivity contribution >= 4 is 0 Å². The van der Waals surface area contributed by atoms with Crippen molar-refractivity contribution in [2.75, 3.05) is 6.61 Å². The lowest BCUT2D eigenvalue weighted by Crippen LogP contribution is -2.50. The van der Waals surface area contributed by atoms with Gasteiger partial charge in [0.25, 0.3) is 0 Å². The Balaban J connectivity index is 2.46. The van der Waals surface area contributed by atoms with Gasteiger partial charge >= 0.3 is 0 Å². The van der Waals surface area contributed by atoms with Crippen molar-refractivity contribution in [1.29, 1.82) is 0 Å². The predicted octanol–water partition coefficient (Wildman–Crippen LogP) is 2.32. The second-order valence-electron chi connectivity index (χ2n) is 4.85. The van der Waals surface area contributed by atoms with E-state index in [-0.39, 0.29) is 11.6 Å². The summed E-state index contributed by atoms with van der Waals surface area (Å²) >= 11 is 0. The third kappa shape index (κ3) is 2.96. The SMILES string of the molecule is CC(C)CC(N)C1(C)CCCCO1. The Morgan fingerprint density at radius 1 is 1.38 bits per heavy atom. The standard InChI is InChI=1S/C11H23NO/c1-9(2)8-10(12)11(3)6-4-5-7-13-11/h9-10H,4-8,12H2,1-3H3. The zero-order chi connectivity index (χ0) is 9.90. The van der Waals surface area contributed by atoms with Crippen LogP contribution in [0.4, 0.5) is 0 Å². The van der Waals surface area contributed by atoms with Crippen molar-refractivity contribution in [3.8, 4) is 0 Å². The van der Waals surface area contributed by atoms with Crippen LogP contribution in [0.3, 0.4) is 0 Å². The molecule has 0 saturated carbocycles.